The molecule has 4 heteroatoms. The molecule has 1 atom stereocenters. The molecule has 0 aliphatic carbocycles. The minimum atomic E-state index is 0.110. The zero-order valence-electron chi connectivity index (χ0n) is 10.4. The van der Waals surface area contributed by atoms with Gasteiger partial charge in [-0.1, -0.05) is 0 Å². The van der Waals surface area contributed by atoms with Gasteiger partial charge in [0.25, 0.3) is 0 Å². The van der Waals surface area contributed by atoms with E-state index in [0.717, 1.165) is 26.2 Å². The van der Waals surface area contributed by atoms with Crippen LogP contribution in [-0.2, 0) is 4.74 Å². The summed E-state index contributed by atoms with van der Waals surface area (Å²) in [5.41, 5.74) is 0.110. The van der Waals surface area contributed by atoms with Gasteiger partial charge in [-0.25, -0.2) is 0 Å². The van der Waals surface area contributed by atoms with Crippen LogP contribution in [0.2, 0.25) is 0 Å². The molecule has 1 aliphatic heterocycles. The van der Waals surface area contributed by atoms with Gasteiger partial charge in [-0.3, -0.25) is 4.90 Å². The number of methoxy groups -OCH3 is 1. The molecule has 0 aromatic carbocycles. The molecule has 1 heterocycles. The van der Waals surface area contributed by atoms with Crippen molar-refractivity contribution in [1.29, 1.82) is 0 Å². The van der Waals surface area contributed by atoms with E-state index in [4.69, 9.17) is 4.74 Å². The van der Waals surface area contributed by atoms with Crippen LogP contribution >= 0.6 is 0 Å². The average Bonchev–Trinajstić information content (AvgIpc) is 2.14. The minimum Gasteiger partial charge on any atom is -0.395 e. The zero-order chi connectivity index (χ0) is 11.5. The second kappa shape index (κ2) is 5.25. The molecule has 1 saturated heterocycles. The van der Waals surface area contributed by atoms with Gasteiger partial charge in [0.2, 0.25) is 0 Å². The first kappa shape index (κ1) is 12.9. The van der Waals surface area contributed by atoms with Crippen molar-refractivity contribution in [3.05, 3.63) is 0 Å². The molecular formula is C11H24N2O2. The Morgan fingerprint density at radius 3 is 2.67 bits per heavy atom. The van der Waals surface area contributed by atoms with Gasteiger partial charge >= 0.3 is 0 Å². The largest absolute Gasteiger partial charge is 0.395 e. The van der Waals surface area contributed by atoms with Crippen molar-refractivity contribution in [2.45, 2.75) is 25.4 Å². The summed E-state index contributed by atoms with van der Waals surface area (Å²) >= 11 is 0. The fourth-order valence-corrected chi connectivity index (χ4v) is 2.60. The Morgan fingerprint density at radius 2 is 2.13 bits per heavy atom. The Morgan fingerprint density at radius 1 is 1.47 bits per heavy atom. The number of aliphatic hydroxyl groups is 1. The molecule has 90 valence electrons. The lowest BCUT2D eigenvalue weighted by molar-refractivity contribution is -0.0462. The van der Waals surface area contributed by atoms with Crippen LogP contribution in [0, 0.1) is 0 Å². The Balaban J connectivity index is 2.67. The van der Waals surface area contributed by atoms with Crippen molar-refractivity contribution in [2.75, 3.05) is 47.0 Å². The number of piperazine rings is 1. The van der Waals surface area contributed by atoms with Crippen LogP contribution in [0.1, 0.15) is 13.8 Å². The lowest BCUT2D eigenvalue weighted by atomic mass is 9.95. The number of hydrogen-bond acceptors (Lipinski definition) is 4. The first-order chi connectivity index (χ1) is 7.01. The van der Waals surface area contributed by atoms with E-state index in [1.54, 1.807) is 7.11 Å². The molecule has 1 N–H and O–H groups in total. The van der Waals surface area contributed by atoms with Gasteiger partial charge in [0, 0.05) is 38.3 Å². The molecule has 4 nitrogen and oxygen atoms in total. The summed E-state index contributed by atoms with van der Waals surface area (Å²) in [6.07, 6.45) is 0. The van der Waals surface area contributed by atoms with E-state index >= 15 is 0 Å². The summed E-state index contributed by atoms with van der Waals surface area (Å²) in [5.74, 6) is 0. The van der Waals surface area contributed by atoms with Crippen LogP contribution in [-0.4, -0.2) is 73.5 Å². The molecule has 0 bridgehead atoms. The predicted octanol–water partition coefficient (Wildman–Crippen LogP) is 0.0197. The van der Waals surface area contributed by atoms with Crippen molar-refractivity contribution in [3.63, 3.8) is 0 Å². The maximum atomic E-state index is 9.40. The summed E-state index contributed by atoms with van der Waals surface area (Å²) in [4.78, 5) is 4.64. The smallest absolute Gasteiger partial charge is 0.0599 e. The fraction of sp³-hybridized carbons (Fsp3) is 1.00. The van der Waals surface area contributed by atoms with Crippen LogP contribution in [0.15, 0.2) is 0 Å². The van der Waals surface area contributed by atoms with Crippen molar-refractivity contribution in [2.24, 2.45) is 0 Å². The highest BCUT2D eigenvalue weighted by Gasteiger charge is 2.37. The third-order valence-electron chi connectivity index (χ3n) is 3.14. The molecule has 0 aromatic rings. The lowest BCUT2D eigenvalue weighted by Crippen LogP contribution is -2.64. The fourth-order valence-electron chi connectivity index (χ4n) is 2.60. The van der Waals surface area contributed by atoms with Crippen LogP contribution in [0.5, 0.6) is 0 Å². The zero-order valence-corrected chi connectivity index (χ0v) is 10.4. The van der Waals surface area contributed by atoms with Gasteiger partial charge in [-0.2, -0.15) is 0 Å². The molecule has 1 aliphatic rings. The first-order valence-electron chi connectivity index (χ1n) is 5.56. The molecule has 1 unspecified atom stereocenters. The van der Waals surface area contributed by atoms with Gasteiger partial charge < -0.3 is 14.7 Å². The van der Waals surface area contributed by atoms with Crippen LogP contribution in [0.4, 0.5) is 0 Å². The van der Waals surface area contributed by atoms with Crippen molar-refractivity contribution in [3.8, 4) is 0 Å². The SMILES string of the molecule is COCCN1C(CO)CN(C)CC1(C)C. The minimum absolute atomic E-state index is 0.110. The van der Waals surface area contributed by atoms with Crippen molar-refractivity contribution in [1.82, 2.24) is 9.80 Å². The molecule has 1 rings (SSSR count). The monoisotopic (exact) mass is 216 g/mol. The molecule has 0 spiro atoms. The number of hydrogen-bond donors (Lipinski definition) is 1. The molecule has 0 radical (unpaired) electrons. The molecule has 0 aromatic heterocycles. The van der Waals surface area contributed by atoms with Gasteiger partial charge in [-0.05, 0) is 20.9 Å². The quantitative estimate of drug-likeness (QED) is 0.719. The van der Waals surface area contributed by atoms with E-state index in [9.17, 15) is 5.11 Å². The second-order valence-corrected chi connectivity index (χ2v) is 5.03. The molecule has 1 fully saturated rings. The molecule has 0 amide bonds. The Labute approximate surface area is 92.8 Å². The maximum Gasteiger partial charge on any atom is 0.0599 e. The van der Waals surface area contributed by atoms with Crippen molar-refractivity contribution < 1.29 is 9.84 Å². The third-order valence-corrected chi connectivity index (χ3v) is 3.14. The Kier molecular flexibility index (Phi) is 4.52. The van der Waals surface area contributed by atoms with E-state index in [0.29, 0.717) is 0 Å². The van der Waals surface area contributed by atoms with E-state index in [2.05, 4.69) is 30.7 Å². The highest BCUT2D eigenvalue weighted by Crippen LogP contribution is 2.23. The molecule has 15 heavy (non-hydrogen) atoms. The van der Waals surface area contributed by atoms with Gasteiger partial charge in [0.15, 0.2) is 0 Å². The van der Waals surface area contributed by atoms with Crippen LogP contribution in [0.25, 0.3) is 0 Å². The lowest BCUT2D eigenvalue weighted by Gasteiger charge is -2.50. The number of nitrogens with zero attached hydrogens (tertiary/aromatic N) is 2. The second-order valence-electron chi connectivity index (χ2n) is 5.03. The summed E-state index contributed by atoms with van der Waals surface area (Å²) in [7, 11) is 3.83. The average molecular weight is 216 g/mol. The van der Waals surface area contributed by atoms with Crippen molar-refractivity contribution >= 4 is 0 Å². The standard InChI is InChI=1S/C11H24N2O2/c1-11(2)9-12(3)7-10(8-14)13(11)5-6-15-4/h10,14H,5-9H2,1-4H3. The number of ether oxygens (including phenoxy) is 1. The number of aliphatic hydroxyl groups excluding tert-OH is 1. The number of rotatable bonds is 4. The van der Waals surface area contributed by atoms with Crippen LogP contribution in [0.3, 0.4) is 0 Å². The normalized spacial score (nSPS) is 28.2. The highest BCUT2D eigenvalue weighted by molar-refractivity contribution is 4.94. The Hall–Kier alpha value is -0.160. The molecular weight excluding hydrogens is 192 g/mol. The molecule has 0 saturated carbocycles. The van der Waals surface area contributed by atoms with E-state index in [1.165, 1.54) is 0 Å². The summed E-state index contributed by atoms with van der Waals surface area (Å²) in [6.45, 7) is 8.25. The van der Waals surface area contributed by atoms with E-state index in [-0.39, 0.29) is 18.2 Å². The summed E-state index contributed by atoms with van der Waals surface area (Å²) in [5, 5.41) is 9.40. The first-order valence-corrected chi connectivity index (χ1v) is 5.56. The van der Waals surface area contributed by atoms with Gasteiger partial charge in [0.1, 0.15) is 0 Å². The van der Waals surface area contributed by atoms with E-state index in [1.807, 2.05) is 0 Å². The van der Waals surface area contributed by atoms with Gasteiger partial charge in [0.05, 0.1) is 13.2 Å². The van der Waals surface area contributed by atoms with Crippen LogP contribution < -0.4 is 0 Å². The predicted molar refractivity (Wildman–Crippen MR) is 61.0 cm³/mol. The highest BCUT2D eigenvalue weighted by atomic mass is 16.5. The van der Waals surface area contributed by atoms with E-state index < -0.39 is 0 Å². The Bertz CT molecular complexity index is 197. The maximum absolute atomic E-state index is 9.40. The summed E-state index contributed by atoms with van der Waals surface area (Å²) in [6, 6.07) is 0.230. The summed E-state index contributed by atoms with van der Waals surface area (Å²) < 4.78 is 5.12. The number of likely N-dealkylation sites (N-methyl/N-ethyl adjacent to an activating group) is 1. The topological polar surface area (TPSA) is 35.9 Å². The third kappa shape index (κ3) is 3.14. The van der Waals surface area contributed by atoms with Gasteiger partial charge in [-0.15, -0.1) is 0 Å².